The first-order chi connectivity index (χ1) is 14.4. The van der Waals surface area contributed by atoms with Crippen molar-refractivity contribution in [2.75, 3.05) is 45.2 Å². The summed E-state index contributed by atoms with van der Waals surface area (Å²) in [5.41, 5.74) is 3.99. The van der Waals surface area contributed by atoms with Crippen LogP contribution >= 0.6 is 0 Å². The summed E-state index contributed by atoms with van der Waals surface area (Å²) in [5, 5.41) is 3.39. The van der Waals surface area contributed by atoms with Crippen molar-refractivity contribution in [3.05, 3.63) is 65.2 Å². The van der Waals surface area contributed by atoms with E-state index in [0.29, 0.717) is 12.3 Å². The predicted molar refractivity (Wildman–Crippen MR) is 127 cm³/mol. The first-order valence-electron chi connectivity index (χ1n) is 11.2. The summed E-state index contributed by atoms with van der Waals surface area (Å²) in [6, 6.07) is 17.0. The number of likely N-dealkylation sites (N-methyl/N-ethyl adjacent to an activating group) is 1. The van der Waals surface area contributed by atoms with Gasteiger partial charge in [0.2, 0.25) is 0 Å². The molecule has 2 aromatic carbocycles. The second-order valence-corrected chi connectivity index (χ2v) is 8.97. The van der Waals surface area contributed by atoms with Gasteiger partial charge in [0, 0.05) is 37.4 Å². The fourth-order valence-electron chi connectivity index (χ4n) is 4.42. The lowest BCUT2D eigenvalue weighted by atomic mass is 9.80. The summed E-state index contributed by atoms with van der Waals surface area (Å²) in [6.07, 6.45) is 1.48. The number of hydrogen-bond donors (Lipinski definition) is 1. The smallest absolute Gasteiger partial charge is 0.183 e. The van der Waals surface area contributed by atoms with Crippen LogP contribution in [0, 0.1) is 0 Å². The molecule has 0 amide bonds. The SMILES string of the molecule is CCC(Cc1ccc(C(C)C)cc1)(C(=O)c1ccc(N2CCNCC2)cc1)N(C)C. The van der Waals surface area contributed by atoms with Crippen LogP contribution in [0.15, 0.2) is 48.5 Å². The molecule has 1 N–H and O–H groups in total. The van der Waals surface area contributed by atoms with Gasteiger partial charge in [0.25, 0.3) is 0 Å². The maximum atomic E-state index is 13.7. The van der Waals surface area contributed by atoms with E-state index in [-0.39, 0.29) is 5.78 Å². The number of nitrogens with one attached hydrogen (secondary N) is 1. The molecule has 2 aromatic rings. The van der Waals surface area contributed by atoms with Gasteiger partial charge in [-0.15, -0.1) is 0 Å². The lowest BCUT2D eigenvalue weighted by Gasteiger charge is -2.38. The highest BCUT2D eigenvalue weighted by Crippen LogP contribution is 2.29. The molecule has 1 fully saturated rings. The second-order valence-electron chi connectivity index (χ2n) is 8.97. The first kappa shape index (κ1) is 22.5. The molecular weight excluding hydrogens is 370 g/mol. The highest BCUT2D eigenvalue weighted by molar-refractivity contribution is 6.03. The zero-order valence-electron chi connectivity index (χ0n) is 19.2. The molecule has 4 nitrogen and oxygen atoms in total. The number of benzene rings is 2. The van der Waals surface area contributed by atoms with Gasteiger partial charge >= 0.3 is 0 Å². The molecule has 0 radical (unpaired) electrons. The van der Waals surface area contributed by atoms with E-state index in [1.165, 1.54) is 16.8 Å². The molecule has 1 atom stereocenters. The van der Waals surface area contributed by atoms with Crippen LogP contribution in [0.25, 0.3) is 0 Å². The molecule has 1 unspecified atom stereocenters. The first-order valence-corrected chi connectivity index (χ1v) is 11.2. The summed E-state index contributed by atoms with van der Waals surface area (Å²) in [5.74, 6) is 0.717. The van der Waals surface area contributed by atoms with E-state index in [2.05, 4.69) is 72.3 Å². The van der Waals surface area contributed by atoms with E-state index < -0.39 is 5.54 Å². The Labute approximate surface area is 182 Å². The number of hydrogen-bond acceptors (Lipinski definition) is 4. The van der Waals surface area contributed by atoms with E-state index in [4.69, 9.17) is 0 Å². The Morgan fingerprint density at radius 2 is 1.63 bits per heavy atom. The van der Waals surface area contributed by atoms with Crippen LogP contribution < -0.4 is 10.2 Å². The van der Waals surface area contributed by atoms with Crippen molar-refractivity contribution in [2.24, 2.45) is 0 Å². The Kier molecular flexibility index (Phi) is 7.32. The Bertz CT molecular complexity index is 820. The van der Waals surface area contributed by atoms with Crippen molar-refractivity contribution in [1.29, 1.82) is 0 Å². The highest BCUT2D eigenvalue weighted by Gasteiger charge is 2.39. The predicted octanol–water partition coefficient (Wildman–Crippen LogP) is 4.36. The van der Waals surface area contributed by atoms with Gasteiger partial charge in [0.15, 0.2) is 5.78 Å². The molecule has 0 bridgehead atoms. The minimum absolute atomic E-state index is 0.204. The highest BCUT2D eigenvalue weighted by atomic mass is 16.1. The van der Waals surface area contributed by atoms with Crippen molar-refractivity contribution in [2.45, 2.75) is 45.1 Å². The molecule has 4 heteroatoms. The zero-order valence-corrected chi connectivity index (χ0v) is 19.2. The third-order valence-electron chi connectivity index (χ3n) is 6.62. The molecule has 1 aliphatic heterocycles. The minimum atomic E-state index is -0.546. The van der Waals surface area contributed by atoms with E-state index in [1.807, 2.05) is 26.2 Å². The number of anilines is 1. The fourth-order valence-corrected chi connectivity index (χ4v) is 4.42. The monoisotopic (exact) mass is 407 g/mol. The van der Waals surface area contributed by atoms with E-state index in [9.17, 15) is 4.79 Å². The van der Waals surface area contributed by atoms with Crippen LogP contribution in [0.3, 0.4) is 0 Å². The molecule has 30 heavy (non-hydrogen) atoms. The van der Waals surface area contributed by atoms with E-state index >= 15 is 0 Å². The van der Waals surface area contributed by atoms with Gasteiger partial charge in [-0.3, -0.25) is 9.69 Å². The molecule has 162 valence electrons. The topological polar surface area (TPSA) is 35.6 Å². The third-order valence-corrected chi connectivity index (χ3v) is 6.62. The van der Waals surface area contributed by atoms with E-state index in [1.54, 1.807) is 0 Å². The standard InChI is InChI=1S/C26H37N3O/c1-6-26(28(4)5,19-21-7-9-22(10-8-21)20(2)3)25(30)23-11-13-24(14-12-23)29-17-15-27-16-18-29/h7-14,20,27H,6,15-19H2,1-5H3. The fraction of sp³-hybridized carbons (Fsp3) is 0.500. The van der Waals surface area contributed by atoms with Crippen LogP contribution in [0.4, 0.5) is 5.69 Å². The van der Waals surface area contributed by atoms with Gasteiger partial charge in [-0.25, -0.2) is 0 Å². The van der Waals surface area contributed by atoms with Crippen LogP contribution in [0.1, 0.15) is 54.6 Å². The van der Waals surface area contributed by atoms with Crippen LogP contribution in [0.2, 0.25) is 0 Å². The summed E-state index contributed by atoms with van der Waals surface area (Å²) in [4.78, 5) is 18.2. The number of ketones is 1. The molecule has 0 aliphatic carbocycles. The van der Waals surface area contributed by atoms with Gasteiger partial charge in [-0.05, 0) is 68.2 Å². The van der Waals surface area contributed by atoms with Gasteiger partial charge in [-0.1, -0.05) is 45.0 Å². The Balaban J connectivity index is 1.84. The number of nitrogens with zero attached hydrogens (tertiary/aromatic N) is 2. The normalized spacial score (nSPS) is 16.7. The average Bonchev–Trinajstić information content (AvgIpc) is 2.78. The lowest BCUT2D eigenvalue weighted by molar-refractivity contribution is 0.0666. The zero-order chi connectivity index (χ0) is 21.7. The second kappa shape index (κ2) is 9.76. The maximum absolute atomic E-state index is 13.7. The summed E-state index contributed by atoms with van der Waals surface area (Å²) >= 11 is 0. The Hall–Kier alpha value is -2.17. The largest absolute Gasteiger partial charge is 0.369 e. The van der Waals surface area contributed by atoms with Gasteiger partial charge in [0.05, 0.1) is 5.54 Å². The van der Waals surface area contributed by atoms with Crippen molar-refractivity contribution in [3.8, 4) is 0 Å². The number of piperazine rings is 1. The van der Waals surface area contributed by atoms with Gasteiger partial charge in [-0.2, -0.15) is 0 Å². The summed E-state index contributed by atoms with van der Waals surface area (Å²) < 4.78 is 0. The van der Waals surface area contributed by atoms with Crippen molar-refractivity contribution in [1.82, 2.24) is 10.2 Å². The summed E-state index contributed by atoms with van der Waals surface area (Å²) in [7, 11) is 4.05. The average molecular weight is 408 g/mol. The number of carbonyl (C=O) groups is 1. The van der Waals surface area contributed by atoms with E-state index in [0.717, 1.165) is 38.2 Å². The van der Waals surface area contributed by atoms with Crippen LogP contribution in [-0.4, -0.2) is 56.5 Å². The molecule has 0 aromatic heterocycles. The minimum Gasteiger partial charge on any atom is -0.369 e. The van der Waals surface area contributed by atoms with Crippen LogP contribution in [-0.2, 0) is 6.42 Å². The molecular formula is C26H37N3O. The number of carbonyl (C=O) groups excluding carboxylic acids is 1. The summed E-state index contributed by atoms with van der Waals surface area (Å²) in [6.45, 7) is 10.6. The molecule has 1 saturated heterocycles. The molecule has 3 rings (SSSR count). The van der Waals surface area contributed by atoms with Crippen molar-refractivity contribution < 1.29 is 4.79 Å². The molecule has 1 heterocycles. The molecule has 0 spiro atoms. The van der Waals surface area contributed by atoms with Crippen molar-refractivity contribution in [3.63, 3.8) is 0 Å². The Morgan fingerprint density at radius 3 is 2.13 bits per heavy atom. The van der Waals surface area contributed by atoms with Gasteiger partial charge in [0.1, 0.15) is 0 Å². The number of Topliss-reactive ketones (excluding diaryl/α,β-unsaturated/α-hetero) is 1. The maximum Gasteiger partial charge on any atom is 0.183 e. The third kappa shape index (κ3) is 4.76. The molecule has 1 aliphatic rings. The van der Waals surface area contributed by atoms with Crippen molar-refractivity contribution >= 4 is 11.5 Å². The quantitative estimate of drug-likeness (QED) is 0.660. The number of rotatable bonds is 8. The Morgan fingerprint density at radius 1 is 1.03 bits per heavy atom. The lowest BCUT2D eigenvalue weighted by Crippen LogP contribution is -2.52. The molecule has 0 saturated carbocycles. The van der Waals surface area contributed by atoms with Gasteiger partial charge < -0.3 is 10.2 Å². The van der Waals surface area contributed by atoms with Crippen LogP contribution in [0.5, 0.6) is 0 Å².